The molecular weight excluding hydrogens is 322 g/mol. The third-order valence-electron chi connectivity index (χ3n) is 3.67. The van der Waals surface area contributed by atoms with Gasteiger partial charge in [0.25, 0.3) is 0 Å². The highest BCUT2D eigenvalue weighted by molar-refractivity contribution is 7.20. The summed E-state index contributed by atoms with van der Waals surface area (Å²) in [5.41, 5.74) is 8.28. The molecule has 2 aromatic heterocycles. The third kappa shape index (κ3) is 4.72. The number of thiazole rings is 1. The molecule has 2 N–H and O–H groups in total. The lowest BCUT2D eigenvalue weighted by atomic mass is 10.1. The molecule has 0 bridgehead atoms. The molecule has 0 saturated heterocycles. The van der Waals surface area contributed by atoms with Crippen LogP contribution in [0.15, 0.2) is 53.2 Å². The summed E-state index contributed by atoms with van der Waals surface area (Å²) in [6, 6.07) is 14.8. The monoisotopic (exact) mass is 343 g/mol. The van der Waals surface area contributed by atoms with Crippen LogP contribution in [0.2, 0.25) is 0 Å². The normalized spacial score (nSPS) is 11.2. The number of benzene rings is 1. The Morgan fingerprint density at radius 3 is 2.61 bits per heavy atom. The quantitative estimate of drug-likeness (QED) is 0.675. The number of aromatic nitrogens is 1. The minimum Gasteiger partial charge on any atom is -0.329 e. The van der Waals surface area contributed by atoms with Gasteiger partial charge >= 0.3 is 0 Å². The Labute approximate surface area is 145 Å². The molecular formula is C18H21N3S2. The van der Waals surface area contributed by atoms with Crippen LogP contribution >= 0.6 is 22.7 Å². The van der Waals surface area contributed by atoms with Gasteiger partial charge in [0.1, 0.15) is 5.01 Å². The number of nitrogens with zero attached hydrogens (tertiary/aromatic N) is 2. The molecule has 3 aromatic rings. The Morgan fingerprint density at radius 1 is 1.00 bits per heavy atom. The van der Waals surface area contributed by atoms with E-state index in [4.69, 9.17) is 10.7 Å². The number of hydrogen-bond donors (Lipinski definition) is 1. The smallest absolute Gasteiger partial charge is 0.133 e. The summed E-state index contributed by atoms with van der Waals surface area (Å²) in [5.74, 6) is 0. The van der Waals surface area contributed by atoms with Crippen molar-refractivity contribution in [2.45, 2.75) is 13.0 Å². The Hall–Kier alpha value is -1.53. The van der Waals surface area contributed by atoms with Gasteiger partial charge in [-0.1, -0.05) is 36.4 Å². The molecule has 0 saturated carbocycles. The molecule has 0 aliphatic heterocycles. The van der Waals surface area contributed by atoms with E-state index in [-0.39, 0.29) is 0 Å². The molecule has 0 spiro atoms. The molecule has 0 aliphatic rings. The standard InChI is InChI=1S/C18H21N3S2/c19-9-11-21(10-8-15-5-2-1-3-6-15)13-16-14-23-18(20-16)17-7-4-12-22-17/h1-7,12,14H,8-11,13,19H2. The fraction of sp³-hybridized carbons (Fsp3) is 0.278. The maximum absolute atomic E-state index is 5.78. The molecule has 1 aromatic carbocycles. The first-order valence-electron chi connectivity index (χ1n) is 7.80. The zero-order chi connectivity index (χ0) is 15.9. The number of rotatable bonds is 8. The minimum atomic E-state index is 0.677. The van der Waals surface area contributed by atoms with Crippen LogP contribution in [0.5, 0.6) is 0 Å². The fourth-order valence-corrected chi connectivity index (χ4v) is 4.13. The van der Waals surface area contributed by atoms with Gasteiger partial charge in [-0.25, -0.2) is 4.98 Å². The molecule has 0 unspecified atom stereocenters. The van der Waals surface area contributed by atoms with Crippen molar-refractivity contribution in [3.63, 3.8) is 0 Å². The molecule has 3 nitrogen and oxygen atoms in total. The van der Waals surface area contributed by atoms with Gasteiger partial charge in [0.15, 0.2) is 0 Å². The van der Waals surface area contributed by atoms with Crippen molar-refractivity contribution in [3.05, 3.63) is 64.5 Å². The average Bonchev–Trinajstić information content (AvgIpc) is 3.25. The van der Waals surface area contributed by atoms with E-state index in [9.17, 15) is 0 Å². The van der Waals surface area contributed by atoms with Crippen LogP contribution in [-0.4, -0.2) is 29.5 Å². The van der Waals surface area contributed by atoms with Gasteiger partial charge in [0.2, 0.25) is 0 Å². The number of hydrogen-bond acceptors (Lipinski definition) is 5. The van der Waals surface area contributed by atoms with Crippen molar-refractivity contribution in [1.29, 1.82) is 0 Å². The predicted octanol–water partition coefficient (Wildman–Crippen LogP) is 3.88. The van der Waals surface area contributed by atoms with Gasteiger partial charge in [-0.3, -0.25) is 4.90 Å². The van der Waals surface area contributed by atoms with Crippen LogP contribution in [0.3, 0.4) is 0 Å². The van der Waals surface area contributed by atoms with Crippen LogP contribution in [0, 0.1) is 0 Å². The molecule has 0 fully saturated rings. The van der Waals surface area contributed by atoms with Crippen molar-refractivity contribution in [1.82, 2.24) is 9.88 Å². The lowest BCUT2D eigenvalue weighted by molar-refractivity contribution is 0.274. The Balaban J connectivity index is 1.60. The molecule has 0 aliphatic carbocycles. The first kappa shape index (κ1) is 16.3. The van der Waals surface area contributed by atoms with Crippen molar-refractivity contribution in [2.75, 3.05) is 19.6 Å². The lowest BCUT2D eigenvalue weighted by Gasteiger charge is -2.20. The first-order valence-corrected chi connectivity index (χ1v) is 9.55. The molecule has 0 radical (unpaired) electrons. The van der Waals surface area contributed by atoms with Gasteiger partial charge in [0, 0.05) is 31.6 Å². The highest BCUT2D eigenvalue weighted by atomic mass is 32.1. The molecule has 0 atom stereocenters. The first-order chi connectivity index (χ1) is 11.3. The largest absolute Gasteiger partial charge is 0.329 e. The van der Waals surface area contributed by atoms with Crippen molar-refractivity contribution >= 4 is 22.7 Å². The van der Waals surface area contributed by atoms with Crippen LogP contribution in [0.25, 0.3) is 9.88 Å². The van der Waals surface area contributed by atoms with Crippen LogP contribution in [-0.2, 0) is 13.0 Å². The van der Waals surface area contributed by atoms with Gasteiger partial charge in [-0.05, 0) is 23.4 Å². The van der Waals surface area contributed by atoms with E-state index in [0.717, 1.165) is 36.8 Å². The predicted molar refractivity (Wildman–Crippen MR) is 99.9 cm³/mol. The maximum Gasteiger partial charge on any atom is 0.133 e. The van der Waals surface area contributed by atoms with Gasteiger partial charge < -0.3 is 5.73 Å². The summed E-state index contributed by atoms with van der Waals surface area (Å²) in [6.45, 7) is 3.45. The van der Waals surface area contributed by atoms with E-state index in [1.54, 1.807) is 22.7 Å². The molecule has 23 heavy (non-hydrogen) atoms. The average molecular weight is 344 g/mol. The van der Waals surface area contributed by atoms with Crippen molar-refractivity contribution in [2.24, 2.45) is 5.73 Å². The highest BCUT2D eigenvalue weighted by Crippen LogP contribution is 2.28. The second kappa shape index (κ2) is 8.36. The highest BCUT2D eigenvalue weighted by Gasteiger charge is 2.10. The topological polar surface area (TPSA) is 42.1 Å². The summed E-state index contributed by atoms with van der Waals surface area (Å²) in [4.78, 5) is 8.41. The number of thiophene rings is 1. The fourth-order valence-electron chi connectivity index (χ4n) is 2.51. The van der Waals surface area contributed by atoms with E-state index in [1.807, 2.05) is 0 Å². The van der Waals surface area contributed by atoms with Crippen molar-refractivity contribution in [3.8, 4) is 9.88 Å². The van der Waals surface area contributed by atoms with E-state index in [2.05, 4.69) is 58.1 Å². The second-order valence-electron chi connectivity index (χ2n) is 5.42. The minimum absolute atomic E-state index is 0.677. The Morgan fingerprint density at radius 2 is 1.87 bits per heavy atom. The molecule has 0 amide bonds. The lowest BCUT2D eigenvalue weighted by Crippen LogP contribution is -2.31. The van der Waals surface area contributed by atoms with Crippen LogP contribution < -0.4 is 5.73 Å². The van der Waals surface area contributed by atoms with E-state index in [1.165, 1.54) is 10.4 Å². The van der Waals surface area contributed by atoms with Gasteiger partial charge in [-0.2, -0.15) is 0 Å². The zero-order valence-electron chi connectivity index (χ0n) is 13.0. The summed E-state index contributed by atoms with van der Waals surface area (Å²) < 4.78 is 0. The van der Waals surface area contributed by atoms with Crippen LogP contribution in [0.4, 0.5) is 0 Å². The summed E-state index contributed by atoms with van der Waals surface area (Å²) >= 11 is 3.46. The van der Waals surface area contributed by atoms with Gasteiger partial charge in [-0.15, -0.1) is 22.7 Å². The Bertz CT molecular complexity index is 692. The molecule has 3 rings (SSSR count). The maximum atomic E-state index is 5.78. The Kier molecular flexibility index (Phi) is 5.93. The third-order valence-corrected chi connectivity index (χ3v) is 5.60. The molecule has 120 valence electrons. The van der Waals surface area contributed by atoms with Crippen LogP contribution in [0.1, 0.15) is 11.3 Å². The van der Waals surface area contributed by atoms with E-state index < -0.39 is 0 Å². The SMILES string of the molecule is NCCN(CCc1ccccc1)Cc1csc(-c2cccs2)n1. The molecule has 5 heteroatoms. The van der Waals surface area contributed by atoms with Gasteiger partial charge in [0.05, 0.1) is 10.6 Å². The zero-order valence-corrected chi connectivity index (χ0v) is 14.7. The van der Waals surface area contributed by atoms with Crippen molar-refractivity contribution < 1.29 is 0 Å². The van der Waals surface area contributed by atoms with E-state index >= 15 is 0 Å². The molecule has 2 heterocycles. The number of nitrogens with two attached hydrogens (primary N) is 1. The summed E-state index contributed by atoms with van der Waals surface area (Å²) in [6.07, 6.45) is 1.04. The summed E-state index contributed by atoms with van der Waals surface area (Å²) in [7, 11) is 0. The van der Waals surface area contributed by atoms with E-state index in [0.29, 0.717) is 6.54 Å². The second-order valence-corrected chi connectivity index (χ2v) is 7.23. The summed E-state index contributed by atoms with van der Waals surface area (Å²) in [5, 5.41) is 5.38.